The van der Waals surface area contributed by atoms with Gasteiger partial charge in [0.2, 0.25) is 5.91 Å². The van der Waals surface area contributed by atoms with Gasteiger partial charge in [-0.2, -0.15) is 0 Å². The van der Waals surface area contributed by atoms with E-state index in [1.807, 2.05) is 17.0 Å². The summed E-state index contributed by atoms with van der Waals surface area (Å²) in [5.41, 5.74) is 7.61. The number of hydrogen-bond acceptors (Lipinski definition) is 3. The van der Waals surface area contributed by atoms with E-state index < -0.39 is 0 Å². The second-order valence-electron chi connectivity index (χ2n) is 5.54. The quantitative estimate of drug-likeness (QED) is 0.890. The first-order valence-corrected chi connectivity index (χ1v) is 7.14. The number of amides is 2. The predicted molar refractivity (Wildman–Crippen MR) is 78.5 cm³/mol. The van der Waals surface area contributed by atoms with Gasteiger partial charge in [-0.1, -0.05) is 0 Å². The van der Waals surface area contributed by atoms with Crippen molar-refractivity contribution < 1.29 is 9.59 Å². The number of nitrogens with zero attached hydrogens (tertiary/aromatic N) is 2. The standard InChI is InChI=1S/C15H18N4O2/c16-14(20)7-10-3-5-19(6-4-10)15(21)11-1-2-12-13(8-11)18-9-17-12/h1-2,8-10H,3-7H2,(H2,16,20)(H,17,18). The maximum atomic E-state index is 12.5. The van der Waals surface area contributed by atoms with Gasteiger partial charge in [-0.15, -0.1) is 0 Å². The van der Waals surface area contributed by atoms with Crippen LogP contribution in [0.5, 0.6) is 0 Å². The van der Waals surface area contributed by atoms with Crippen LogP contribution in [0.1, 0.15) is 29.6 Å². The number of primary amides is 1. The number of H-pyrrole nitrogens is 1. The molecule has 6 nitrogen and oxygen atoms in total. The molecule has 1 aliphatic rings. The second-order valence-corrected chi connectivity index (χ2v) is 5.54. The number of fused-ring (bicyclic) bond motifs is 1. The zero-order valence-electron chi connectivity index (χ0n) is 11.7. The van der Waals surface area contributed by atoms with E-state index >= 15 is 0 Å². The van der Waals surface area contributed by atoms with E-state index in [0.717, 1.165) is 23.9 Å². The Kier molecular flexibility index (Phi) is 3.60. The van der Waals surface area contributed by atoms with E-state index in [1.54, 1.807) is 12.4 Å². The summed E-state index contributed by atoms with van der Waals surface area (Å²) in [4.78, 5) is 32.4. The minimum absolute atomic E-state index is 0.0315. The monoisotopic (exact) mass is 286 g/mol. The van der Waals surface area contributed by atoms with Crippen molar-refractivity contribution in [3.05, 3.63) is 30.1 Å². The zero-order valence-corrected chi connectivity index (χ0v) is 11.7. The van der Waals surface area contributed by atoms with Gasteiger partial charge < -0.3 is 15.6 Å². The third-order valence-corrected chi connectivity index (χ3v) is 4.06. The Balaban J connectivity index is 1.67. The van der Waals surface area contributed by atoms with Crippen LogP contribution >= 0.6 is 0 Å². The Morgan fingerprint density at radius 1 is 1.33 bits per heavy atom. The normalized spacial score (nSPS) is 16.3. The minimum atomic E-state index is -0.260. The number of hydrogen-bond donors (Lipinski definition) is 2. The van der Waals surface area contributed by atoms with Gasteiger partial charge in [0.05, 0.1) is 17.4 Å². The Morgan fingerprint density at radius 3 is 2.81 bits per heavy atom. The fourth-order valence-corrected chi connectivity index (χ4v) is 2.88. The molecule has 1 aliphatic heterocycles. The van der Waals surface area contributed by atoms with Crippen LogP contribution in [-0.4, -0.2) is 39.8 Å². The average molecular weight is 286 g/mol. The number of nitrogens with two attached hydrogens (primary N) is 1. The van der Waals surface area contributed by atoms with Crippen LogP contribution in [0.25, 0.3) is 11.0 Å². The van der Waals surface area contributed by atoms with Crippen LogP contribution < -0.4 is 5.73 Å². The topological polar surface area (TPSA) is 92.1 Å². The van der Waals surface area contributed by atoms with Crippen molar-refractivity contribution in [2.24, 2.45) is 11.7 Å². The Bertz CT molecular complexity index is 671. The fraction of sp³-hybridized carbons (Fsp3) is 0.400. The molecule has 0 unspecified atom stereocenters. The molecular formula is C15H18N4O2. The lowest BCUT2D eigenvalue weighted by Gasteiger charge is -2.31. The molecular weight excluding hydrogens is 268 g/mol. The van der Waals surface area contributed by atoms with Gasteiger partial charge >= 0.3 is 0 Å². The number of piperidine rings is 1. The summed E-state index contributed by atoms with van der Waals surface area (Å²) in [5, 5.41) is 0. The molecule has 0 saturated carbocycles. The van der Waals surface area contributed by atoms with E-state index in [9.17, 15) is 9.59 Å². The van der Waals surface area contributed by atoms with Crippen molar-refractivity contribution >= 4 is 22.8 Å². The Hall–Kier alpha value is -2.37. The molecule has 0 bridgehead atoms. The fourth-order valence-electron chi connectivity index (χ4n) is 2.88. The van der Waals surface area contributed by atoms with Crippen molar-refractivity contribution in [3.63, 3.8) is 0 Å². The summed E-state index contributed by atoms with van der Waals surface area (Å²) in [6.45, 7) is 1.36. The molecule has 0 atom stereocenters. The van der Waals surface area contributed by atoms with Gasteiger partial charge in [0.15, 0.2) is 0 Å². The highest BCUT2D eigenvalue weighted by atomic mass is 16.2. The van der Waals surface area contributed by atoms with Gasteiger partial charge in [-0.3, -0.25) is 9.59 Å². The van der Waals surface area contributed by atoms with Crippen molar-refractivity contribution in [1.82, 2.24) is 14.9 Å². The van der Waals surface area contributed by atoms with Gasteiger partial charge in [-0.25, -0.2) is 4.98 Å². The Morgan fingerprint density at radius 2 is 2.10 bits per heavy atom. The Labute approximate surface area is 122 Å². The number of benzene rings is 1. The van der Waals surface area contributed by atoms with Crippen LogP contribution in [0.2, 0.25) is 0 Å². The summed E-state index contributed by atoms with van der Waals surface area (Å²) in [6, 6.07) is 5.49. The third kappa shape index (κ3) is 2.89. The van der Waals surface area contributed by atoms with Gasteiger partial charge in [0.25, 0.3) is 5.91 Å². The van der Waals surface area contributed by atoms with Crippen LogP contribution in [0, 0.1) is 5.92 Å². The zero-order chi connectivity index (χ0) is 14.8. The van der Waals surface area contributed by atoms with Crippen molar-refractivity contribution in [3.8, 4) is 0 Å². The summed E-state index contributed by atoms with van der Waals surface area (Å²) in [7, 11) is 0. The van der Waals surface area contributed by atoms with Crippen LogP contribution in [-0.2, 0) is 4.79 Å². The first kappa shape index (κ1) is 13.6. The number of aromatic amines is 1. The largest absolute Gasteiger partial charge is 0.370 e. The molecule has 1 fully saturated rings. The molecule has 2 amide bonds. The first-order valence-electron chi connectivity index (χ1n) is 7.14. The molecule has 3 rings (SSSR count). The number of aromatic nitrogens is 2. The molecule has 2 aromatic rings. The van der Waals surface area contributed by atoms with Crippen molar-refractivity contribution in [2.75, 3.05) is 13.1 Å². The molecule has 0 radical (unpaired) electrons. The van der Waals surface area contributed by atoms with E-state index in [1.165, 1.54) is 0 Å². The average Bonchev–Trinajstić information content (AvgIpc) is 2.94. The van der Waals surface area contributed by atoms with E-state index in [-0.39, 0.29) is 11.8 Å². The molecule has 0 spiro atoms. The molecule has 21 heavy (non-hydrogen) atoms. The maximum Gasteiger partial charge on any atom is 0.253 e. The highest BCUT2D eigenvalue weighted by molar-refractivity contribution is 5.97. The van der Waals surface area contributed by atoms with Gasteiger partial charge in [0, 0.05) is 25.1 Å². The highest BCUT2D eigenvalue weighted by Crippen LogP contribution is 2.22. The smallest absolute Gasteiger partial charge is 0.253 e. The molecule has 0 aliphatic carbocycles. The molecule has 1 aromatic carbocycles. The minimum Gasteiger partial charge on any atom is -0.370 e. The summed E-state index contributed by atoms with van der Waals surface area (Å²) in [5.74, 6) is 0.0788. The van der Waals surface area contributed by atoms with Gasteiger partial charge in [-0.05, 0) is 37.0 Å². The summed E-state index contributed by atoms with van der Waals surface area (Å²) in [6.07, 6.45) is 3.71. The summed E-state index contributed by atoms with van der Waals surface area (Å²) < 4.78 is 0. The molecule has 1 aromatic heterocycles. The predicted octanol–water partition coefficient (Wildman–Crippen LogP) is 1.29. The maximum absolute atomic E-state index is 12.5. The van der Waals surface area contributed by atoms with Crippen molar-refractivity contribution in [2.45, 2.75) is 19.3 Å². The highest BCUT2D eigenvalue weighted by Gasteiger charge is 2.24. The lowest BCUT2D eigenvalue weighted by atomic mass is 9.93. The number of nitrogens with one attached hydrogen (secondary N) is 1. The molecule has 1 saturated heterocycles. The number of carbonyl (C=O) groups is 2. The number of carbonyl (C=O) groups excluding carboxylic acids is 2. The van der Waals surface area contributed by atoms with Crippen LogP contribution in [0.4, 0.5) is 0 Å². The van der Waals surface area contributed by atoms with Crippen LogP contribution in [0.3, 0.4) is 0 Å². The first-order chi connectivity index (χ1) is 10.1. The molecule has 6 heteroatoms. The SMILES string of the molecule is NC(=O)CC1CCN(C(=O)c2ccc3nc[nH]c3c2)CC1. The number of rotatable bonds is 3. The lowest BCUT2D eigenvalue weighted by molar-refractivity contribution is -0.119. The van der Waals surface area contributed by atoms with Gasteiger partial charge in [0.1, 0.15) is 0 Å². The third-order valence-electron chi connectivity index (χ3n) is 4.06. The number of likely N-dealkylation sites (tertiary alicyclic amines) is 1. The lowest BCUT2D eigenvalue weighted by Crippen LogP contribution is -2.39. The molecule has 2 heterocycles. The van der Waals surface area contributed by atoms with E-state index in [4.69, 9.17) is 5.73 Å². The molecule has 3 N–H and O–H groups in total. The van der Waals surface area contributed by atoms with Crippen LogP contribution in [0.15, 0.2) is 24.5 Å². The van der Waals surface area contributed by atoms with Crippen molar-refractivity contribution in [1.29, 1.82) is 0 Å². The van der Waals surface area contributed by atoms with E-state index in [0.29, 0.717) is 31.0 Å². The number of imidazole rings is 1. The molecule has 110 valence electrons. The van der Waals surface area contributed by atoms with E-state index in [2.05, 4.69) is 9.97 Å². The second kappa shape index (κ2) is 5.55. The summed E-state index contributed by atoms with van der Waals surface area (Å²) >= 11 is 0.